The normalized spacial score (nSPS) is 17.4. The van der Waals surface area contributed by atoms with Crippen molar-refractivity contribution in [3.63, 3.8) is 0 Å². The van der Waals surface area contributed by atoms with Crippen molar-refractivity contribution < 1.29 is 8.78 Å². The van der Waals surface area contributed by atoms with E-state index in [1.165, 1.54) is 0 Å². The predicted octanol–water partition coefficient (Wildman–Crippen LogP) is 4.20. The average Bonchev–Trinajstić information content (AvgIpc) is 3.15. The van der Waals surface area contributed by atoms with Gasteiger partial charge in [-0.2, -0.15) is 0 Å². The highest BCUT2D eigenvalue weighted by atomic mass is 19.2. The summed E-state index contributed by atoms with van der Waals surface area (Å²) in [4.78, 5) is 4.12. The zero-order chi connectivity index (χ0) is 12.9. The second-order valence-corrected chi connectivity index (χ2v) is 5.47. The quantitative estimate of drug-likeness (QED) is 0.775. The third-order valence-electron chi connectivity index (χ3n) is 4.21. The molecule has 0 aliphatic heterocycles. The fraction of sp³-hybridized carbons (Fsp3) is 0.400. The first kappa shape index (κ1) is 11.6. The number of pyridine rings is 1. The first-order valence-corrected chi connectivity index (χ1v) is 6.29. The fourth-order valence-corrected chi connectivity index (χ4v) is 2.75. The molecular weight excluding hydrogens is 232 g/mol. The molecule has 1 saturated carbocycles. The minimum Gasteiger partial charge on any atom is -0.253 e. The van der Waals surface area contributed by atoms with Crippen molar-refractivity contribution in [3.05, 3.63) is 41.6 Å². The van der Waals surface area contributed by atoms with E-state index in [4.69, 9.17) is 0 Å². The van der Waals surface area contributed by atoms with Gasteiger partial charge in [0.1, 0.15) is 5.52 Å². The molecule has 0 N–H and O–H groups in total. The van der Waals surface area contributed by atoms with Gasteiger partial charge in [-0.15, -0.1) is 0 Å². The summed E-state index contributed by atoms with van der Waals surface area (Å²) < 4.78 is 26.7. The number of aromatic nitrogens is 1. The molecule has 1 aliphatic rings. The Hall–Kier alpha value is -1.51. The largest absolute Gasteiger partial charge is 0.253 e. The van der Waals surface area contributed by atoms with E-state index in [0.717, 1.165) is 24.5 Å². The number of nitrogens with zero attached hydrogens (tertiary/aromatic N) is 1. The molecule has 94 valence electrons. The van der Waals surface area contributed by atoms with Crippen molar-refractivity contribution in [3.8, 4) is 0 Å². The van der Waals surface area contributed by atoms with Crippen LogP contribution in [0.3, 0.4) is 0 Å². The molecule has 1 aromatic carbocycles. The van der Waals surface area contributed by atoms with Crippen molar-refractivity contribution >= 4 is 10.9 Å². The van der Waals surface area contributed by atoms with E-state index >= 15 is 0 Å². The number of hydrogen-bond acceptors (Lipinski definition) is 1. The van der Waals surface area contributed by atoms with Gasteiger partial charge in [0.2, 0.25) is 0 Å². The van der Waals surface area contributed by atoms with Gasteiger partial charge in [-0.05, 0) is 47.9 Å². The summed E-state index contributed by atoms with van der Waals surface area (Å²) in [6, 6.07) is 4.72. The Bertz CT molecular complexity index is 615. The average molecular weight is 247 g/mol. The van der Waals surface area contributed by atoms with Crippen LogP contribution in [0.5, 0.6) is 0 Å². The topological polar surface area (TPSA) is 12.9 Å². The van der Waals surface area contributed by atoms with Crippen molar-refractivity contribution in [1.29, 1.82) is 0 Å². The van der Waals surface area contributed by atoms with Gasteiger partial charge >= 0.3 is 0 Å². The lowest BCUT2D eigenvalue weighted by Gasteiger charge is -2.20. The summed E-state index contributed by atoms with van der Waals surface area (Å²) >= 11 is 0. The molecule has 1 fully saturated rings. The number of halogens is 2. The Morgan fingerprint density at radius 2 is 1.94 bits per heavy atom. The van der Waals surface area contributed by atoms with Crippen LogP contribution >= 0.6 is 0 Å². The second kappa shape index (κ2) is 3.74. The molecule has 2 aromatic rings. The smallest absolute Gasteiger partial charge is 0.184 e. The zero-order valence-electron chi connectivity index (χ0n) is 10.5. The van der Waals surface area contributed by atoms with Gasteiger partial charge in [-0.25, -0.2) is 8.78 Å². The molecule has 0 unspecified atom stereocenters. The Balaban J connectivity index is 2.16. The van der Waals surface area contributed by atoms with Crippen molar-refractivity contribution in [2.75, 3.05) is 0 Å². The maximum Gasteiger partial charge on any atom is 0.184 e. The zero-order valence-corrected chi connectivity index (χ0v) is 10.5. The molecule has 0 radical (unpaired) electrons. The Morgan fingerprint density at radius 1 is 1.22 bits per heavy atom. The van der Waals surface area contributed by atoms with Crippen molar-refractivity contribution in [2.45, 2.75) is 32.1 Å². The first-order chi connectivity index (χ1) is 8.54. The maximum atomic E-state index is 13.6. The van der Waals surface area contributed by atoms with Gasteiger partial charge in [-0.3, -0.25) is 4.98 Å². The molecule has 1 aromatic heterocycles. The van der Waals surface area contributed by atoms with Gasteiger partial charge in [-0.1, -0.05) is 13.8 Å². The number of fused-ring (bicyclic) bond motifs is 1. The van der Waals surface area contributed by atoms with Gasteiger partial charge in [0.15, 0.2) is 11.6 Å². The first-order valence-electron chi connectivity index (χ1n) is 6.29. The van der Waals surface area contributed by atoms with Crippen molar-refractivity contribution in [1.82, 2.24) is 4.98 Å². The highest BCUT2D eigenvalue weighted by molar-refractivity contribution is 5.80. The Morgan fingerprint density at radius 3 is 2.56 bits per heavy atom. The molecule has 1 nitrogen and oxygen atoms in total. The van der Waals surface area contributed by atoms with Crippen LogP contribution in [-0.4, -0.2) is 4.98 Å². The molecule has 3 heteroatoms. The van der Waals surface area contributed by atoms with Crippen LogP contribution in [0.1, 0.15) is 32.3 Å². The summed E-state index contributed by atoms with van der Waals surface area (Å²) in [5, 5.41) is 0.679. The fourth-order valence-electron chi connectivity index (χ4n) is 2.75. The molecule has 1 heterocycles. The minimum absolute atomic E-state index is 0.123. The van der Waals surface area contributed by atoms with E-state index in [-0.39, 0.29) is 10.9 Å². The van der Waals surface area contributed by atoms with Crippen LogP contribution in [0, 0.1) is 17.6 Å². The van der Waals surface area contributed by atoms with Crippen LogP contribution in [0.4, 0.5) is 8.78 Å². The maximum absolute atomic E-state index is 13.6. The van der Waals surface area contributed by atoms with E-state index in [1.807, 2.05) is 6.07 Å². The SMILES string of the molecule is CC(C)C1(c2cnc3c(F)c(F)ccc3c2)CC1. The lowest BCUT2D eigenvalue weighted by molar-refractivity contribution is 0.480. The Kier molecular flexibility index (Phi) is 2.40. The summed E-state index contributed by atoms with van der Waals surface area (Å²) in [5.74, 6) is -1.15. The van der Waals surface area contributed by atoms with E-state index in [2.05, 4.69) is 18.8 Å². The highest BCUT2D eigenvalue weighted by Gasteiger charge is 2.47. The molecule has 0 amide bonds. The summed E-state index contributed by atoms with van der Waals surface area (Å²) in [7, 11) is 0. The third-order valence-corrected chi connectivity index (χ3v) is 4.21. The monoisotopic (exact) mass is 247 g/mol. The molecule has 0 spiro atoms. The van der Waals surface area contributed by atoms with Gasteiger partial charge < -0.3 is 0 Å². The summed E-state index contributed by atoms with van der Waals surface area (Å²) in [6.07, 6.45) is 4.01. The Labute approximate surface area is 105 Å². The molecule has 3 rings (SSSR count). The highest BCUT2D eigenvalue weighted by Crippen LogP contribution is 2.53. The number of benzene rings is 1. The van der Waals surface area contributed by atoms with Crippen LogP contribution in [0.25, 0.3) is 10.9 Å². The van der Waals surface area contributed by atoms with Crippen LogP contribution < -0.4 is 0 Å². The number of rotatable bonds is 2. The lowest BCUT2D eigenvalue weighted by atomic mass is 9.85. The molecule has 0 atom stereocenters. The van der Waals surface area contributed by atoms with Crippen LogP contribution in [0.2, 0.25) is 0 Å². The predicted molar refractivity (Wildman–Crippen MR) is 67.4 cm³/mol. The standard InChI is InChI=1S/C15H15F2N/c1-9(2)15(5-6-15)11-7-10-3-4-12(16)13(17)14(10)18-8-11/h3-4,7-9H,5-6H2,1-2H3. The van der Waals surface area contributed by atoms with Crippen LogP contribution in [-0.2, 0) is 5.41 Å². The van der Waals surface area contributed by atoms with Crippen molar-refractivity contribution in [2.24, 2.45) is 5.92 Å². The lowest BCUT2D eigenvalue weighted by Crippen LogP contribution is -2.14. The van der Waals surface area contributed by atoms with Gasteiger partial charge in [0, 0.05) is 11.6 Å². The van der Waals surface area contributed by atoms with Gasteiger partial charge in [0.25, 0.3) is 0 Å². The molecule has 0 saturated heterocycles. The number of hydrogen-bond donors (Lipinski definition) is 0. The van der Waals surface area contributed by atoms with Gasteiger partial charge in [0.05, 0.1) is 0 Å². The molecule has 0 bridgehead atoms. The third kappa shape index (κ3) is 1.53. The molecular formula is C15H15F2N. The second-order valence-electron chi connectivity index (χ2n) is 5.47. The van der Waals surface area contributed by atoms with E-state index in [0.29, 0.717) is 11.3 Å². The molecule has 1 aliphatic carbocycles. The molecule has 18 heavy (non-hydrogen) atoms. The van der Waals surface area contributed by atoms with Crippen LogP contribution in [0.15, 0.2) is 24.4 Å². The summed E-state index contributed by atoms with van der Waals surface area (Å²) in [5.41, 5.74) is 1.47. The van der Waals surface area contributed by atoms with E-state index in [9.17, 15) is 8.78 Å². The van der Waals surface area contributed by atoms with E-state index in [1.54, 1.807) is 12.3 Å². The van der Waals surface area contributed by atoms with E-state index < -0.39 is 11.6 Å². The summed E-state index contributed by atoms with van der Waals surface area (Å²) in [6.45, 7) is 4.39. The minimum atomic E-state index is -0.853.